The van der Waals surface area contributed by atoms with Crippen molar-refractivity contribution in [1.82, 2.24) is 0 Å². The van der Waals surface area contributed by atoms with Gasteiger partial charge < -0.3 is 5.11 Å². The van der Waals surface area contributed by atoms with Crippen LogP contribution in [0.5, 0.6) is 0 Å². The number of rotatable bonds is 0. The Labute approximate surface area is 99.6 Å². The first-order valence-electron chi connectivity index (χ1n) is 7.03. The second-order valence-corrected chi connectivity index (χ2v) is 7.70. The van der Waals surface area contributed by atoms with Gasteiger partial charge in [0.1, 0.15) is 0 Å². The average molecular weight is 222 g/mol. The molecule has 3 rings (SSSR count). The van der Waals surface area contributed by atoms with Crippen molar-refractivity contribution in [3.63, 3.8) is 0 Å². The molecule has 92 valence electrons. The molecule has 3 saturated carbocycles. The van der Waals surface area contributed by atoms with E-state index in [9.17, 15) is 5.11 Å². The lowest BCUT2D eigenvalue weighted by Gasteiger charge is -2.44. The third-order valence-electron chi connectivity index (χ3n) is 6.79. The van der Waals surface area contributed by atoms with Gasteiger partial charge in [-0.25, -0.2) is 0 Å². The van der Waals surface area contributed by atoms with Gasteiger partial charge in [-0.1, -0.05) is 20.8 Å². The molecule has 0 saturated heterocycles. The van der Waals surface area contributed by atoms with Crippen LogP contribution >= 0.6 is 0 Å². The number of hydrogen-bond donors (Lipinski definition) is 1. The van der Waals surface area contributed by atoms with Crippen molar-refractivity contribution in [1.29, 1.82) is 0 Å². The van der Waals surface area contributed by atoms with E-state index in [2.05, 4.69) is 27.7 Å². The van der Waals surface area contributed by atoms with Crippen LogP contribution in [0, 0.1) is 28.6 Å². The van der Waals surface area contributed by atoms with Crippen molar-refractivity contribution in [2.24, 2.45) is 28.6 Å². The molecule has 0 heterocycles. The zero-order valence-corrected chi connectivity index (χ0v) is 11.2. The Morgan fingerprint density at radius 2 is 1.69 bits per heavy atom. The first kappa shape index (κ1) is 11.1. The van der Waals surface area contributed by atoms with E-state index in [1.165, 1.54) is 25.7 Å². The summed E-state index contributed by atoms with van der Waals surface area (Å²) in [6.45, 7) is 9.38. The molecule has 1 N–H and O–H groups in total. The second kappa shape index (κ2) is 2.85. The maximum atomic E-state index is 10.6. The molecule has 1 spiro atoms. The van der Waals surface area contributed by atoms with E-state index >= 15 is 0 Å². The summed E-state index contributed by atoms with van der Waals surface area (Å²) in [4.78, 5) is 0. The molecule has 16 heavy (non-hydrogen) atoms. The number of aliphatic hydroxyl groups is 1. The number of fused-ring (bicyclic) bond motifs is 1. The lowest BCUT2D eigenvalue weighted by Crippen LogP contribution is -2.44. The highest BCUT2D eigenvalue weighted by Crippen LogP contribution is 2.73. The van der Waals surface area contributed by atoms with Crippen LogP contribution in [0.1, 0.15) is 59.8 Å². The Balaban J connectivity index is 2.07. The summed E-state index contributed by atoms with van der Waals surface area (Å²) in [5.74, 6) is 2.29. The molecule has 5 atom stereocenters. The lowest BCUT2D eigenvalue weighted by atomic mass is 9.64. The number of hydrogen-bond acceptors (Lipinski definition) is 1. The summed E-state index contributed by atoms with van der Waals surface area (Å²) in [7, 11) is 0. The zero-order chi connectivity index (χ0) is 11.8. The van der Waals surface area contributed by atoms with Crippen molar-refractivity contribution in [2.45, 2.75) is 65.4 Å². The summed E-state index contributed by atoms with van der Waals surface area (Å²) < 4.78 is 0. The van der Waals surface area contributed by atoms with E-state index in [0.717, 1.165) is 18.3 Å². The van der Waals surface area contributed by atoms with E-state index in [1.54, 1.807) is 0 Å². The Morgan fingerprint density at radius 1 is 1.00 bits per heavy atom. The van der Waals surface area contributed by atoms with Gasteiger partial charge in [-0.05, 0) is 67.6 Å². The van der Waals surface area contributed by atoms with E-state index in [0.29, 0.717) is 16.7 Å². The fourth-order valence-electron chi connectivity index (χ4n) is 5.88. The molecule has 1 nitrogen and oxygen atoms in total. The van der Waals surface area contributed by atoms with Crippen LogP contribution in [0.15, 0.2) is 0 Å². The molecule has 0 unspecified atom stereocenters. The average Bonchev–Trinajstić information content (AvgIpc) is 2.58. The van der Waals surface area contributed by atoms with Gasteiger partial charge in [0.2, 0.25) is 0 Å². The summed E-state index contributed by atoms with van der Waals surface area (Å²) in [5, 5.41) is 10.6. The molecule has 0 radical (unpaired) electrons. The monoisotopic (exact) mass is 222 g/mol. The highest BCUT2D eigenvalue weighted by molar-refractivity contribution is 5.16. The standard InChI is InChI=1S/C15H26O/c1-10-5-6-11-13(2,3)12-9-15(10,11)8-7-14(12,4)16/h10-12,16H,5-9H2,1-4H3/t10-,11+,12-,14+,15-/m1/s1. The second-order valence-electron chi connectivity index (χ2n) is 7.70. The largest absolute Gasteiger partial charge is 0.390 e. The minimum atomic E-state index is -0.404. The topological polar surface area (TPSA) is 20.2 Å². The molecule has 0 aromatic rings. The summed E-state index contributed by atoms with van der Waals surface area (Å²) in [6, 6.07) is 0. The highest BCUT2D eigenvalue weighted by Gasteiger charge is 2.67. The van der Waals surface area contributed by atoms with E-state index in [-0.39, 0.29) is 0 Å². The van der Waals surface area contributed by atoms with Crippen LogP contribution in [-0.4, -0.2) is 10.7 Å². The molecule has 0 amide bonds. The Bertz CT molecular complexity index is 313. The zero-order valence-electron chi connectivity index (χ0n) is 11.2. The van der Waals surface area contributed by atoms with Crippen LogP contribution in [0.2, 0.25) is 0 Å². The fraction of sp³-hybridized carbons (Fsp3) is 1.00. The van der Waals surface area contributed by atoms with Gasteiger partial charge in [-0.2, -0.15) is 0 Å². The molecule has 1 heteroatoms. The summed E-state index contributed by atoms with van der Waals surface area (Å²) in [6.07, 6.45) is 6.41. The molecule has 3 aliphatic carbocycles. The minimum absolute atomic E-state index is 0.352. The first-order valence-corrected chi connectivity index (χ1v) is 7.03. The smallest absolute Gasteiger partial charge is 0.0653 e. The van der Waals surface area contributed by atoms with Crippen molar-refractivity contribution in [3.8, 4) is 0 Å². The predicted octanol–water partition coefficient (Wildman–Crippen LogP) is 3.61. The SMILES string of the molecule is C[C@@H]1CC[C@H]2C(C)(C)[C@H]3C[C@]12CC[C@]3(C)O. The van der Waals surface area contributed by atoms with Gasteiger partial charge in [0.25, 0.3) is 0 Å². The van der Waals surface area contributed by atoms with Crippen molar-refractivity contribution >= 4 is 0 Å². The molecule has 3 fully saturated rings. The van der Waals surface area contributed by atoms with E-state index < -0.39 is 5.60 Å². The summed E-state index contributed by atoms with van der Waals surface area (Å²) in [5.41, 5.74) is 0.542. The normalized spacial score (nSPS) is 58.7. The molecular weight excluding hydrogens is 196 g/mol. The van der Waals surface area contributed by atoms with Crippen molar-refractivity contribution in [3.05, 3.63) is 0 Å². The summed E-state index contributed by atoms with van der Waals surface area (Å²) >= 11 is 0. The van der Waals surface area contributed by atoms with Crippen LogP contribution in [-0.2, 0) is 0 Å². The van der Waals surface area contributed by atoms with E-state index in [1.807, 2.05) is 0 Å². The van der Waals surface area contributed by atoms with Gasteiger partial charge in [-0.3, -0.25) is 0 Å². The molecule has 0 aromatic heterocycles. The van der Waals surface area contributed by atoms with Crippen LogP contribution in [0.4, 0.5) is 0 Å². The molecule has 0 aliphatic heterocycles. The maximum absolute atomic E-state index is 10.6. The molecule has 2 bridgehead atoms. The quantitative estimate of drug-likeness (QED) is 0.664. The van der Waals surface area contributed by atoms with Gasteiger partial charge in [-0.15, -0.1) is 0 Å². The van der Waals surface area contributed by atoms with Crippen LogP contribution < -0.4 is 0 Å². The molecule has 0 aromatic carbocycles. The Hall–Kier alpha value is -0.0400. The van der Waals surface area contributed by atoms with Gasteiger partial charge in [0.05, 0.1) is 5.60 Å². The highest BCUT2D eigenvalue weighted by atomic mass is 16.3. The third kappa shape index (κ3) is 1.06. The lowest BCUT2D eigenvalue weighted by molar-refractivity contribution is -0.0717. The first-order chi connectivity index (χ1) is 7.31. The Morgan fingerprint density at radius 3 is 2.38 bits per heavy atom. The Kier molecular flexibility index (Phi) is 1.98. The fourth-order valence-corrected chi connectivity index (χ4v) is 5.88. The van der Waals surface area contributed by atoms with Gasteiger partial charge >= 0.3 is 0 Å². The van der Waals surface area contributed by atoms with E-state index in [4.69, 9.17) is 0 Å². The third-order valence-corrected chi connectivity index (χ3v) is 6.79. The van der Waals surface area contributed by atoms with Crippen molar-refractivity contribution in [2.75, 3.05) is 0 Å². The van der Waals surface area contributed by atoms with Crippen LogP contribution in [0.3, 0.4) is 0 Å². The van der Waals surface area contributed by atoms with Crippen molar-refractivity contribution < 1.29 is 5.11 Å². The van der Waals surface area contributed by atoms with Gasteiger partial charge in [0, 0.05) is 0 Å². The predicted molar refractivity (Wildman–Crippen MR) is 66.1 cm³/mol. The molecular formula is C15H26O. The maximum Gasteiger partial charge on any atom is 0.0653 e. The minimum Gasteiger partial charge on any atom is -0.390 e. The van der Waals surface area contributed by atoms with Gasteiger partial charge in [0.15, 0.2) is 0 Å². The van der Waals surface area contributed by atoms with Crippen LogP contribution in [0.25, 0.3) is 0 Å². The molecule has 3 aliphatic rings.